The Labute approximate surface area is 130 Å². The van der Waals surface area contributed by atoms with Crippen molar-refractivity contribution in [3.8, 4) is 0 Å². The molecule has 0 heterocycles. The highest BCUT2D eigenvalue weighted by Crippen LogP contribution is 2.09. The lowest BCUT2D eigenvalue weighted by atomic mass is 10.0. The van der Waals surface area contributed by atoms with Crippen molar-refractivity contribution in [2.45, 2.75) is 45.7 Å². The molecule has 0 aliphatic rings. The van der Waals surface area contributed by atoms with E-state index < -0.39 is 17.9 Å². The molecule has 6 nitrogen and oxygen atoms in total. The van der Waals surface area contributed by atoms with Gasteiger partial charge in [-0.2, -0.15) is 0 Å². The van der Waals surface area contributed by atoms with Crippen molar-refractivity contribution in [2.75, 3.05) is 0 Å². The van der Waals surface area contributed by atoms with Crippen molar-refractivity contribution < 1.29 is 19.9 Å². The van der Waals surface area contributed by atoms with Crippen molar-refractivity contribution in [1.29, 1.82) is 0 Å². The van der Waals surface area contributed by atoms with Crippen molar-refractivity contribution >= 4 is 11.9 Å². The Hall–Kier alpha value is -1.92. The maximum atomic E-state index is 11.2. The van der Waals surface area contributed by atoms with Gasteiger partial charge in [0.25, 0.3) is 0 Å². The standard InChI is InChI=1S/C16H24N2O4/c1-11(2)9-14(16(20)21)17-10-13-5-3-12(4-6-13)7-8-15(19)18-22/h3-6,11,14,17,22H,7-10H2,1-2H3,(H,18,19)(H,20,21)/t14-/m1/s1. The SMILES string of the molecule is CC(C)C[C@@H](NCc1ccc(CCC(=O)NO)cc1)C(=O)O. The molecular weight excluding hydrogens is 284 g/mol. The average molecular weight is 308 g/mol. The van der Waals surface area contributed by atoms with Gasteiger partial charge in [-0.15, -0.1) is 0 Å². The molecule has 0 unspecified atom stereocenters. The zero-order valence-corrected chi connectivity index (χ0v) is 13.0. The number of aliphatic carboxylic acids is 1. The van der Waals surface area contributed by atoms with E-state index in [1.165, 1.54) is 0 Å². The van der Waals surface area contributed by atoms with Gasteiger partial charge in [-0.05, 0) is 29.9 Å². The van der Waals surface area contributed by atoms with Gasteiger partial charge in [0.1, 0.15) is 6.04 Å². The summed E-state index contributed by atoms with van der Waals surface area (Å²) in [4.78, 5) is 22.1. The summed E-state index contributed by atoms with van der Waals surface area (Å²) in [5.41, 5.74) is 3.58. The van der Waals surface area contributed by atoms with Gasteiger partial charge in [0.2, 0.25) is 5.91 Å². The van der Waals surface area contributed by atoms with Crippen LogP contribution < -0.4 is 10.8 Å². The fraction of sp³-hybridized carbons (Fsp3) is 0.500. The van der Waals surface area contributed by atoms with Gasteiger partial charge in [0, 0.05) is 13.0 Å². The number of hydrogen-bond donors (Lipinski definition) is 4. The van der Waals surface area contributed by atoms with Crippen LogP contribution in [0.25, 0.3) is 0 Å². The summed E-state index contributed by atoms with van der Waals surface area (Å²) in [5.74, 6) is -0.933. The number of benzene rings is 1. The van der Waals surface area contributed by atoms with E-state index in [4.69, 9.17) is 10.3 Å². The first-order valence-corrected chi connectivity index (χ1v) is 7.39. The van der Waals surface area contributed by atoms with Gasteiger partial charge in [-0.1, -0.05) is 38.1 Å². The molecule has 1 amide bonds. The molecule has 0 fully saturated rings. The monoisotopic (exact) mass is 308 g/mol. The van der Waals surface area contributed by atoms with Crippen LogP contribution in [0.1, 0.15) is 37.8 Å². The third-order valence-electron chi connectivity index (χ3n) is 3.35. The van der Waals surface area contributed by atoms with Crippen LogP contribution in [0.2, 0.25) is 0 Å². The van der Waals surface area contributed by atoms with Gasteiger partial charge in [-0.25, -0.2) is 5.48 Å². The number of carbonyl (C=O) groups is 2. The number of aryl methyl sites for hydroxylation is 1. The molecule has 0 aliphatic carbocycles. The smallest absolute Gasteiger partial charge is 0.320 e. The number of hydroxylamine groups is 1. The third kappa shape index (κ3) is 6.69. The van der Waals surface area contributed by atoms with Gasteiger partial charge in [0.15, 0.2) is 0 Å². The van der Waals surface area contributed by atoms with Crippen LogP contribution in [0.5, 0.6) is 0 Å². The highest BCUT2D eigenvalue weighted by molar-refractivity contribution is 5.74. The summed E-state index contributed by atoms with van der Waals surface area (Å²) < 4.78 is 0. The number of nitrogens with one attached hydrogen (secondary N) is 2. The summed E-state index contributed by atoms with van der Waals surface area (Å²) in [6, 6.07) is 7.08. The Balaban J connectivity index is 2.49. The molecule has 0 spiro atoms. The zero-order chi connectivity index (χ0) is 16.5. The van der Waals surface area contributed by atoms with Gasteiger partial charge >= 0.3 is 5.97 Å². The average Bonchev–Trinajstić information content (AvgIpc) is 2.49. The molecule has 0 aliphatic heterocycles. The van der Waals surface area contributed by atoms with Crippen LogP contribution in [-0.2, 0) is 22.6 Å². The predicted molar refractivity (Wildman–Crippen MR) is 82.4 cm³/mol. The number of carbonyl (C=O) groups excluding carboxylic acids is 1. The summed E-state index contributed by atoms with van der Waals surface area (Å²) in [7, 11) is 0. The molecule has 1 rings (SSSR count). The zero-order valence-electron chi connectivity index (χ0n) is 13.0. The lowest BCUT2D eigenvalue weighted by Gasteiger charge is -2.16. The largest absolute Gasteiger partial charge is 0.480 e. The molecule has 0 aromatic heterocycles. The van der Waals surface area contributed by atoms with Crippen LogP contribution in [0.3, 0.4) is 0 Å². The number of hydrogen-bond acceptors (Lipinski definition) is 4. The Morgan fingerprint density at radius 3 is 2.23 bits per heavy atom. The molecule has 0 saturated carbocycles. The summed E-state index contributed by atoms with van der Waals surface area (Å²) in [6.45, 7) is 4.48. The van der Waals surface area contributed by atoms with E-state index >= 15 is 0 Å². The van der Waals surface area contributed by atoms with Gasteiger partial charge < -0.3 is 10.4 Å². The van der Waals surface area contributed by atoms with Crippen LogP contribution in [0.15, 0.2) is 24.3 Å². The summed E-state index contributed by atoms with van der Waals surface area (Å²) in [5, 5.41) is 20.6. The van der Waals surface area contributed by atoms with Crippen LogP contribution in [0, 0.1) is 5.92 Å². The first kappa shape index (κ1) is 18.1. The topological polar surface area (TPSA) is 98.7 Å². The predicted octanol–water partition coefficient (Wildman–Crippen LogP) is 1.71. The van der Waals surface area contributed by atoms with E-state index in [0.29, 0.717) is 25.3 Å². The number of carboxylic acid groups (broad SMARTS) is 1. The van der Waals surface area contributed by atoms with E-state index in [1.807, 2.05) is 38.1 Å². The van der Waals surface area contributed by atoms with Crippen LogP contribution in [-0.4, -0.2) is 28.2 Å². The minimum Gasteiger partial charge on any atom is -0.480 e. The second kappa shape index (κ2) is 9.17. The van der Waals surface area contributed by atoms with Crippen molar-refractivity contribution in [2.24, 2.45) is 5.92 Å². The Bertz CT molecular complexity index is 485. The molecule has 1 aromatic rings. The van der Waals surface area contributed by atoms with E-state index in [2.05, 4.69) is 5.32 Å². The Kier molecular flexibility index (Phi) is 7.56. The molecule has 0 saturated heterocycles. The quantitative estimate of drug-likeness (QED) is 0.411. The third-order valence-corrected chi connectivity index (χ3v) is 3.35. The first-order chi connectivity index (χ1) is 10.4. The first-order valence-electron chi connectivity index (χ1n) is 7.39. The highest BCUT2D eigenvalue weighted by atomic mass is 16.5. The Morgan fingerprint density at radius 1 is 1.14 bits per heavy atom. The fourth-order valence-electron chi connectivity index (χ4n) is 2.12. The molecule has 4 N–H and O–H groups in total. The highest BCUT2D eigenvalue weighted by Gasteiger charge is 2.17. The maximum Gasteiger partial charge on any atom is 0.320 e. The molecule has 0 bridgehead atoms. The molecule has 22 heavy (non-hydrogen) atoms. The number of amides is 1. The second-order valence-electron chi connectivity index (χ2n) is 5.75. The number of carboxylic acids is 1. The van der Waals surface area contributed by atoms with E-state index in [9.17, 15) is 9.59 Å². The summed E-state index contributed by atoms with van der Waals surface area (Å²) in [6.07, 6.45) is 1.36. The maximum absolute atomic E-state index is 11.2. The van der Waals surface area contributed by atoms with E-state index in [1.54, 1.807) is 5.48 Å². The van der Waals surface area contributed by atoms with E-state index in [0.717, 1.165) is 11.1 Å². The molecule has 0 radical (unpaired) electrons. The molecule has 1 aromatic carbocycles. The summed E-state index contributed by atoms with van der Waals surface area (Å²) >= 11 is 0. The minimum atomic E-state index is -0.833. The molecule has 6 heteroatoms. The Morgan fingerprint density at radius 2 is 1.73 bits per heavy atom. The van der Waals surface area contributed by atoms with E-state index in [-0.39, 0.29) is 6.42 Å². The van der Waals surface area contributed by atoms with Crippen LogP contribution >= 0.6 is 0 Å². The van der Waals surface area contributed by atoms with Crippen molar-refractivity contribution in [1.82, 2.24) is 10.8 Å². The molecule has 122 valence electrons. The minimum absolute atomic E-state index is 0.226. The van der Waals surface area contributed by atoms with Gasteiger partial charge in [0.05, 0.1) is 0 Å². The van der Waals surface area contributed by atoms with Crippen molar-refractivity contribution in [3.63, 3.8) is 0 Å². The molecular formula is C16H24N2O4. The van der Waals surface area contributed by atoms with Crippen LogP contribution in [0.4, 0.5) is 0 Å². The number of rotatable bonds is 9. The van der Waals surface area contributed by atoms with Crippen molar-refractivity contribution in [3.05, 3.63) is 35.4 Å². The lowest BCUT2D eigenvalue weighted by Crippen LogP contribution is -2.37. The lowest BCUT2D eigenvalue weighted by molar-refractivity contribution is -0.140. The second-order valence-corrected chi connectivity index (χ2v) is 5.75. The molecule has 1 atom stereocenters. The van der Waals surface area contributed by atoms with Gasteiger partial charge in [-0.3, -0.25) is 14.8 Å². The normalized spacial score (nSPS) is 12.2. The fourth-order valence-corrected chi connectivity index (χ4v) is 2.12.